The van der Waals surface area contributed by atoms with Gasteiger partial charge in [0.25, 0.3) is 0 Å². The summed E-state index contributed by atoms with van der Waals surface area (Å²) in [5, 5.41) is 0.0283. The quantitative estimate of drug-likeness (QED) is 0.690. The van der Waals surface area contributed by atoms with Gasteiger partial charge in [0.2, 0.25) is 0 Å². The van der Waals surface area contributed by atoms with E-state index in [2.05, 4.69) is 20.8 Å². The number of halogens is 1. The molecule has 1 nitrogen and oxygen atoms in total. The first-order chi connectivity index (χ1) is 7.30. The summed E-state index contributed by atoms with van der Waals surface area (Å²) in [4.78, 5) is 0. The number of rotatable bonds is 3. The van der Waals surface area contributed by atoms with Crippen molar-refractivity contribution in [2.24, 2.45) is 5.41 Å². The number of hydrogen-bond donors (Lipinski definition) is 0. The highest BCUT2D eigenvalue weighted by molar-refractivity contribution is 6.21. The minimum Gasteiger partial charge on any atom is -0.491 e. The summed E-state index contributed by atoms with van der Waals surface area (Å²) in [7, 11) is 0. The van der Waals surface area contributed by atoms with Crippen LogP contribution in [-0.2, 0) is 0 Å². The molecule has 0 heterocycles. The molecule has 0 amide bonds. The van der Waals surface area contributed by atoms with Crippen LogP contribution in [0.1, 0.15) is 45.6 Å². The highest BCUT2D eigenvalue weighted by Gasteiger charge is 2.23. The monoisotopic (exact) mass is 240 g/mol. The molecule has 0 aromatic heterocycles. The lowest BCUT2D eigenvalue weighted by molar-refractivity contribution is 0.242. The molecule has 90 valence electrons. The van der Waals surface area contributed by atoms with E-state index in [4.69, 9.17) is 16.3 Å². The van der Waals surface area contributed by atoms with Gasteiger partial charge in [0.1, 0.15) is 5.75 Å². The molecule has 1 atom stereocenters. The van der Waals surface area contributed by atoms with E-state index < -0.39 is 0 Å². The smallest absolute Gasteiger partial charge is 0.119 e. The maximum atomic E-state index is 6.40. The lowest BCUT2D eigenvalue weighted by Crippen LogP contribution is -2.13. The van der Waals surface area contributed by atoms with Crippen molar-refractivity contribution in [3.8, 4) is 5.75 Å². The predicted molar refractivity (Wildman–Crippen MR) is 70.3 cm³/mol. The van der Waals surface area contributed by atoms with Gasteiger partial charge in [0, 0.05) is 0 Å². The van der Waals surface area contributed by atoms with Crippen LogP contribution in [0.25, 0.3) is 0 Å². The van der Waals surface area contributed by atoms with Crippen LogP contribution in [0.2, 0.25) is 0 Å². The zero-order valence-corrected chi connectivity index (χ0v) is 11.5. The fourth-order valence-corrected chi connectivity index (χ4v) is 1.63. The second-order valence-corrected chi connectivity index (χ2v) is 5.90. The summed E-state index contributed by atoms with van der Waals surface area (Å²) in [6.45, 7) is 10.5. The van der Waals surface area contributed by atoms with E-state index in [0.29, 0.717) is 0 Å². The summed E-state index contributed by atoms with van der Waals surface area (Å²) in [6, 6.07) is 8.05. The van der Waals surface area contributed by atoms with E-state index in [1.54, 1.807) is 0 Å². The van der Waals surface area contributed by atoms with E-state index in [1.807, 2.05) is 38.1 Å². The first-order valence-electron chi connectivity index (χ1n) is 5.71. The minimum atomic E-state index is 0.0283. The summed E-state index contributed by atoms with van der Waals surface area (Å²) in [5.74, 6) is 0.900. The van der Waals surface area contributed by atoms with Crippen molar-refractivity contribution in [2.45, 2.75) is 46.1 Å². The van der Waals surface area contributed by atoms with Gasteiger partial charge in [0.15, 0.2) is 0 Å². The maximum absolute atomic E-state index is 6.40. The molecule has 0 saturated heterocycles. The third-order valence-corrected chi connectivity index (χ3v) is 3.21. The van der Waals surface area contributed by atoms with Gasteiger partial charge in [-0.1, -0.05) is 32.9 Å². The SMILES string of the molecule is CC(C)Oc1ccc(C(Cl)C(C)(C)C)cc1. The number of alkyl halides is 1. The molecule has 1 unspecified atom stereocenters. The Morgan fingerprint density at radius 2 is 1.56 bits per heavy atom. The highest BCUT2D eigenvalue weighted by Crippen LogP contribution is 2.38. The van der Waals surface area contributed by atoms with E-state index >= 15 is 0 Å². The molecule has 2 heteroatoms. The van der Waals surface area contributed by atoms with Crippen molar-refractivity contribution in [3.63, 3.8) is 0 Å². The van der Waals surface area contributed by atoms with E-state index in [0.717, 1.165) is 11.3 Å². The fourth-order valence-electron chi connectivity index (χ4n) is 1.49. The average molecular weight is 241 g/mol. The second-order valence-electron chi connectivity index (χ2n) is 5.46. The zero-order valence-electron chi connectivity index (χ0n) is 10.8. The minimum absolute atomic E-state index is 0.0283. The fraction of sp³-hybridized carbons (Fsp3) is 0.571. The molecular formula is C14H21ClO. The van der Waals surface area contributed by atoms with E-state index in [1.165, 1.54) is 0 Å². The molecule has 1 rings (SSSR count). The standard InChI is InChI=1S/C14H21ClO/c1-10(2)16-12-8-6-11(7-9-12)13(15)14(3,4)5/h6-10,13H,1-5H3. The van der Waals surface area contributed by atoms with Crippen LogP contribution in [0.3, 0.4) is 0 Å². The van der Waals surface area contributed by atoms with Crippen molar-refractivity contribution in [1.82, 2.24) is 0 Å². The third kappa shape index (κ3) is 3.71. The third-order valence-electron chi connectivity index (χ3n) is 2.30. The number of hydrogen-bond acceptors (Lipinski definition) is 1. The molecule has 0 radical (unpaired) electrons. The largest absolute Gasteiger partial charge is 0.491 e. The second kappa shape index (κ2) is 5.09. The molecule has 0 aliphatic heterocycles. The Kier molecular flexibility index (Phi) is 4.26. The van der Waals surface area contributed by atoms with Crippen LogP contribution in [0.15, 0.2) is 24.3 Å². The zero-order chi connectivity index (χ0) is 12.3. The molecule has 0 spiro atoms. The molecule has 0 saturated carbocycles. The Morgan fingerprint density at radius 1 is 1.06 bits per heavy atom. The molecule has 16 heavy (non-hydrogen) atoms. The van der Waals surface area contributed by atoms with Gasteiger partial charge in [-0.25, -0.2) is 0 Å². The van der Waals surface area contributed by atoms with Crippen molar-refractivity contribution < 1.29 is 4.74 Å². The molecular weight excluding hydrogens is 220 g/mol. The van der Waals surface area contributed by atoms with Crippen molar-refractivity contribution in [2.75, 3.05) is 0 Å². The molecule has 1 aromatic rings. The lowest BCUT2D eigenvalue weighted by Gasteiger charge is -2.25. The van der Waals surface area contributed by atoms with Crippen LogP contribution in [0.5, 0.6) is 5.75 Å². The summed E-state index contributed by atoms with van der Waals surface area (Å²) in [5.41, 5.74) is 1.22. The molecule has 1 aromatic carbocycles. The van der Waals surface area contributed by atoms with Crippen molar-refractivity contribution in [1.29, 1.82) is 0 Å². The summed E-state index contributed by atoms with van der Waals surface area (Å²) < 4.78 is 5.59. The van der Waals surface area contributed by atoms with E-state index in [9.17, 15) is 0 Å². The number of ether oxygens (including phenoxy) is 1. The first kappa shape index (κ1) is 13.4. The Morgan fingerprint density at radius 3 is 1.94 bits per heavy atom. The normalized spacial score (nSPS) is 13.9. The van der Waals surface area contributed by atoms with Gasteiger partial charge in [-0.15, -0.1) is 11.6 Å². The van der Waals surface area contributed by atoms with Crippen LogP contribution in [0.4, 0.5) is 0 Å². The molecule has 0 fully saturated rings. The van der Waals surface area contributed by atoms with Gasteiger partial charge in [-0.2, -0.15) is 0 Å². The van der Waals surface area contributed by atoms with Crippen LogP contribution < -0.4 is 4.74 Å². The van der Waals surface area contributed by atoms with Gasteiger partial charge in [0.05, 0.1) is 11.5 Å². The van der Waals surface area contributed by atoms with Gasteiger partial charge >= 0.3 is 0 Å². The van der Waals surface area contributed by atoms with Gasteiger partial charge < -0.3 is 4.74 Å². The Balaban J connectivity index is 2.79. The van der Waals surface area contributed by atoms with Crippen LogP contribution in [-0.4, -0.2) is 6.10 Å². The number of benzene rings is 1. The first-order valence-corrected chi connectivity index (χ1v) is 6.15. The Labute approximate surface area is 104 Å². The molecule has 0 aliphatic rings. The molecule has 0 N–H and O–H groups in total. The summed E-state index contributed by atoms with van der Waals surface area (Å²) >= 11 is 6.40. The molecule has 0 aliphatic carbocycles. The lowest BCUT2D eigenvalue weighted by atomic mass is 9.87. The highest BCUT2D eigenvalue weighted by atomic mass is 35.5. The van der Waals surface area contributed by atoms with Gasteiger partial charge in [-0.05, 0) is 37.0 Å². The van der Waals surface area contributed by atoms with Crippen LogP contribution in [0, 0.1) is 5.41 Å². The van der Waals surface area contributed by atoms with Crippen molar-refractivity contribution in [3.05, 3.63) is 29.8 Å². The maximum Gasteiger partial charge on any atom is 0.119 e. The topological polar surface area (TPSA) is 9.23 Å². The van der Waals surface area contributed by atoms with Gasteiger partial charge in [-0.3, -0.25) is 0 Å². The Hall–Kier alpha value is -0.690. The summed E-state index contributed by atoms with van der Waals surface area (Å²) in [6.07, 6.45) is 0.209. The van der Waals surface area contributed by atoms with Crippen LogP contribution >= 0.6 is 11.6 Å². The predicted octanol–water partition coefficient (Wildman–Crippen LogP) is 4.80. The average Bonchev–Trinajstić information content (AvgIpc) is 2.15. The Bertz CT molecular complexity index is 322. The van der Waals surface area contributed by atoms with E-state index in [-0.39, 0.29) is 16.9 Å². The van der Waals surface area contributed by atoms with Crippen molar-refractivity contribution >= 4 is 11.6 Å². The molecule has 0 bridgehead atoms.